The van der Waals surface area contributed by atoms with Gasteiger partial charge in [0, 0.05) is 18.0 Å². The lowest BCUT2D eigenvalue weighted by Gasteiger charge is -2.17. The Bertz CT molecular complexity index is 546. The van der Waals surface area contributed by atoms with E-state index in [0.29, 0.717) is 0 Å². The van der Waals surface area contributed by atoms with E-state index in [1.54, 1.807) is 6.20 Å². The van der Waals surface area contributed by atoms with Crippen LogP contribution in [0.3, 0.4) is 0 Å². The van der Waals surface area contributed by atoms with Crippen LogP contribution >= 0.6 is 0 Å². The van der Waals surface area contributed by atoms with Crippen molar-refractivity contribution in [3.8, 4) is 5.75 Å². The van der Waals surface area contributed by atoms with Crippen LogP contribution in [0.15, 0.2) is 48.7 Å². The standard InChI is InChI=1S/C16H20N2O/c1-3-6-13(9-11-17-2)19-16-10-12-18-15-8-5-4-7-14(15)16/h3-8,10,12-13,17H,9,11H2,1-2H3/b6-3+. The molecule has 19 heavy (non-hydrogen) atoms. The Balaban J connectivity index is 2.23. The first-order valence-electron chi connectivity index (χ1n) is 6.63. The van der Waals surface area contributed by atoms with E-state index in [1.165, 1.54) is 0 Å². The number of para-hydroxylation sites is 1. The van der Waals surface area contributed by atoms with E-state index in [-0.39, 0.29) is 6.10 Å². The molecule has 0 radical (unpaired) electrons. The summed E-state index contributed by atoms with van der Waals surface area (Å²) in [4.78, 5) is 4.35. The molecule has 3 nitrogen and oxygen atoms in total. The molecule has 1 aromatic heterocycles. The number of allylic oxidation sites excluding steroid dienone is 1. The van der Waals surface area contributed by atoms with Crippen LogP contribution in [0.1, 0.15) is 13.3 Å². The molecule has 0 aliphatic rings. The average Bonchev–Trinajstić information content (AvgIpc) is 2.45. The fourth-order valence-electron chi connectivity index (χ4n) is 2.03. The zero-order valence-corrected chi connectivity index (χ0v) is 11.5. The SMILES string of the molecule is C/C=C/C(CCNC)Oc1ccnc2ccccc12. The minimum absolute atomic E-state index is 0.0863. The third-order valence-electron chi connectivity index (χ3n) is 2.97. The molecule has 0 aliphatic carbocycles. The number of ether oxygens (including phenoxy) is 1. The molecule has 0 bridgehead atoms. The van der Waals surface area contributed by atoms with E-state index in [4.69, 9.17) is 4.74 Å². The molecule has 2 rings (SSSR count). The van der Waals surface area contributed by atoms with Crippen LogP contribution in [0, 0.1) is 0 Å². The van der Waals surface area contributed by atoms with Crippen molar-refractivity contribution < 1.29 is 4.74 Å². The predicted molar refractivity (Wildman–Crippen MR) is 79.5 cm³/mol. The third-order valence-corrected chi connectivity index (χ3v) is 2.97. The van der Waals surface area contributed by atoms with Gasteiger partial charge in [0.25, 0.3) is 0 Å². The first kappa shape index (κ1) is 13.6. The van der Waals surface area contributed by atoms with Crippen LogP contribution < -0.4 is 10.1 Å². The number of benzene rings is 1. The number of aromatic nitrogens is 1. The van der Waals surface area contributed by atoms with E-state index in [2.05, 4.69) is 16.4 Å². The number of hydrogen-bond acceptors (Lipinski definition) is 3. The molecule has 1 aromatic carbocycles. The summed E-state index contributed by atoms with van der Waals surface area (Å²) in [7, 11) is 1.95. The minimum atomic E-state index is 0.0863. The molecule has 1 atom stereocenters. The largest absolute Gasteiger partial charge is 0.486 e. The summed E-state index contributed by atoms with van der Waals surface area (Å²) in [6.07, 6.45) is 6.94. The highest BCUT2D eigenvalue weighted by molar-refractivity contribution is 5.84. The van der Waals surface area contributed by atoms with Crippen LogP contribution in [-0.4, -0.2) is 24.7 Å². The number of hydrogen-bond donors (Lipinski definition) is 1. The number of nitrogens with one attached hydrogen (secondary N) is 1. The molecule has 0 fully saturated rings. The molecule has 100 valence electrons. The van der Waals surface area contributed by atoms with Crippen molar-refractivity contribution in [1.82, 2.24) is 10.3 Å². The highest BCUT2D eigenvalue weighted by Crippen LogP contribution is 2.25. The Morgan fingerprint density at radius 2 is 2.16 bits per heavy atom. The van der Waals surface area contributed by atoms with Gasteiger partial charge < -0.3 is 10.1 Å². The van der Waals surface area contributed by atoms with Crippen molar-refractivity contribution in [3.05, 3.63) is 48.7 Å². The van der Waals surface area contributed by atoms with E-state index < -0.39 is 0 Å². The Kier molecular flexibility index (Phi) is 4.93. The van der Waals surface area contributed by atoms with Gasteiger partial charge in [-0.1, -0.05) is 18.2 Å². The zero-order valence-electron chi connectivity index (χ0n) is 11.5. The topological polar surface area (TPSA) is 34.1 Å². The molecular formula is C16H20N2O. The van der Waals surface area contributed by atoms with Gasteiger partial charge in [-0.15, -0.1) is 0 Å². The Hall–Kier alpha value is -1.87. The second-order valence-corrected chi connectivity index (χ2v) is 4.40. The lowest BCUT2D eigenvalue weighted by atomic mass is 10.2. The smallest absolute Gasteiger partial charge is 0.131 e. The first-order valence-corrected chi connectivity index (χ1v) is 6.63. The van der Waals surface area contributed by atoms with Crippen LogP contribution in [-0.2, 0) is 0 Å². The lowest BCUT2D eigenvalue weighted by Crippen LogP contribution is -2.20. The molecule has 0 spiro atoms. The molecule has 0 saturated carbocycles. The van der Waals surface area contributed by atoms with Crippen molar-refractivity contribution in [2.45, 2.75) is 19.4 Å². The normalized spacial score (nSPS) is 12.9. The number of pyridine rings is 1. The van der Waals surface area contributed by atoms with Crippen LogP contribution in [0.5, 0.6) is 5.75 Å². The van der Waals surface area contributed by atoms with Gasteiger partial charge in [-0.3, -0.25) is 4.98 Å². The third kappa shape index (κ3) is 3.55. The second-order valence-electron chi connectivity index (χ2n) is 4.40. The summed E-state index contributed by atoms with van der Waals surface area (Å²) >= 11 is 0. The summed E-state index contributed by atoms with van der Waals surface area (Å²) in [6.45, 7) is 2.94. The quantitative estimate of drug-likeness (QED) is 0.806. The monoisotopic (exact) mass is 256 g/mol. The number of nitrogens with zero attached hydrogens (tertiary/aromatic N) is 1. The molecule has 1 heterocycles. The molecule has 0 amide bonds. The van der Waals surface area contributed by atoms with Gasteiger partial charge in [0.2, 0.25) is 0 Å². The summed E-state index contributed by atoms with van der Waals surface area (Å²) in [5, 5.41) is 4.21. The number of fused-ring (bicyclic) bond motifs is 1. The Morgan fingerprint density at radius 1 is 1.32 bits per heavy atom. The van der Waals surface area contributed by atoms with Gasteiger partial charge in [0.15, 0.2) is 0 Å². The van der Waals surface area contributed by atoms with Gasteiger partial charge in [0.1, 0.15) is 11.9 Å². The summed E-state index contributed by atoms with van der Waals surface area (Å²) in [5.41, 5.74) is 0.966. The molecule has 1 N–H and O–H groups in total. The molecule has 0 saturated heterocycles. The van der Waals surface area contributed by atoms with Crippen molar-refractivity contribution in [2.24, 2.45) is 0 Å². The lowest BCUT2D eigenvalue weighted by molar-refractivity contribution is 0.241. The van der Waals surface area contributed by atoms with Crippen molar-refractivity contribution in [2.75, 3.05) is 13.6 Å². The van der Waals surface area contributed by atoms with Gasteiger partial charge in [-0.2, -0.15) is 0 Å². The highest BCUT2D eigenvalue weighted by atomic mass is 16.5. The molecule has 1 unspecified atom stereocenters. The Morgan fingerprint density at radius 3 is 2.95 bits per heavy atom. The predicted octanol–water partition coefficient (Wildman–Crippen LogP) is 3.17. The van der Waals surface area contributed by atoms with Crippen LogP contribution in [0.4, 0.5) is 0 Å². The van der Waals surface area contributed by atoms with Crippen molar-refractivity contribution in [1.29, 1.82) is 0 Å². The van der Waals surface area contributed by atoms with Crippen LogP contribution in [0.25, 0.3) is 10.9 Å². The maximum Gasteiger partial charge on any atom is 0.131 e. The van der Waals surface area contributed by atoms with E-state index >= 15 is 0 Å². The molecule has 0 aliphatic heterocycles. The van der Waals surface area contributed by atoms with Crippen molar-refractivity contribution in [3.63, 3.8) is 0 Å². The first-order chi connectivity index (χ1) is 9.35. The van der Waals surface area contributed by atoms with Gasteiger partial charge in [0.05, 0.1) is 5.52 Å². The molecule has 3 heteroatoms. The fraction of sp³-hybridized carbons (Fsp3) is 0.312. The zero-order chi connectivity index (χ0) is 13.5. The van der Waals surface area contributed by atoms with Crippen molar-refractivity contribution >= 4 is 10.9 Å². The van der Waals surface area contributed by atoms with E-state index in [9.17, 15) is 0 Å². The summed E-state index contributed by atoms with van der Waals surface area (Å²) in [5.74, 6) is 0.893. The Labute approximate surface area is 114 Å². The van der Waals surface area contributed by atoms with Crippen LogP contribution in [0.2, 0.25) is 0 Å². The van der Waals surface area contributed by atoms with E-state index in [1.807, 2.05) is 50.4 Å². The minimum Gasteiger partial charge on any atom is -0.486 e. The average molecular weight is 256 g/mol. The summed E-state index contributed by atoms with van der Waals surface area (Å²) < 4.78 is 6.10. The van der Waals surface area contributed by atoms with Gasteiger partial charge in [-0.05, 0) is 44.8 Å². The maximum absolute atomic E-state index is 6.10. The second kappa shape index (κ2) is 6.90. The molecule has 2 aromatic rings. The van der Waals surface area contributed by atoms with Gasteiger partial charge >= 0.3 is 0 Å². The summed E-state index contributed by atoms with van der Waals surface area (Å²) in [6, 6.07) is 9.97. The fourth-order valence-corrected chi connectivity index (χ4v) is 2.03. The van der Waals surface area contributed by atoms with Gasteiger partial charge in [-0.25, -0.2) is 0 Å². The molecular weight excluding hydrogens is 236 g/mol. The van der Waals surface area contributed by atoms with E-state index in [0.717, 1.165) is 29.6 Å². The maximum atomic E-state index is 6.10. The highest BCUT2D eigenvalue weighted by Gasteiger charge is 2.09. The number of rotatable bonds is 6.